The number of carbonyl (C=O) groups is 1. The van der Waals surface area contributed by atoms with Gasteiger partial charge in [0.05, 0.1) is 6.54 Å². The van der Waals surface area contributed by atoms with Gasteiger partial charge in [-0.05, 0) is 24.6 Å². The SMILES string of the molecule is CC(C)CNC(=O)CN(C)Cc1ccc(F)c(CN)c1. The molecule has 1 aromatic rings. The summed E-state index contributed by atoms with van der Waals surface area (Å²) in [5, 5.41) is 2.87. The van der Waals surface area contributed by atoms with Gasteiger partial charge in [-0.15, -0.1) is 0 Å². The second kappa shape index (κ2) is 7.97. The van der Waals surface area contributed by atoms with Crippen molar-refractivity contribution >= 4 is 5.91 Å². The number of hydrogen-bond acceptors (Lipinski definition) is 3. The van der Waals surface area contributed by atoms with Crippen LogP contribution in [-0.2, 0) is 17.9 Å². The van der Waals surface area contributed by atoms with E-state index in [4.69, 9.17) is 5.73 Å². The molecule has 4 nitrogen and oxygen atoms in total. The van der Waals surface area contributed by atoms with Gasteiger partial charge in [0.25, 0.3) is 0 Å². The standard InChI is InChI=1S/C15H24FN3O/c1-11(2)8-18-15(20)10-19(3)9-12-4-5-14(16)13(6-12)7-17/h4-6,11H,7-10,17H2,1-3H3,(H,18,20). The first kappa shape index (κ1) is 16.6. The molecule has 0 bridgehead atoms. The van der Waals surface area contributed by atoms with Gasteiger partial charge in [-0.3, -0.25) is 9.69 Å². The minimum Gasteiger partial charge on any atom is -0.355 e. The molecule has 0 fully saturated rings. The summed E-state index contributed by atoms with van der Waals surface area (Å²) in [6.07, 6.45) is 0. The van der Waals surface area contributed by atoms with Crippen molar-refractivity contribution in [2.45, 2.75) is 26.9 Å². The van der Waals surface area contributed by atoms with Gasteiger partial charge in [-0.2, -0.15) is 0 Å². The van der Waals surface area contributed by atoms with Crippen LogP contribution in [0.3, 0.4) is 0 Å². The smallest absolute Gasteiger partial charge is 0.234 e. The molecule has 1 rings (SSSR count). The van der Waals surface area contributed by atoms with Crippen LogP contribution in [0.2, 0.25) is 0 Å². The van der Waals surface area contributed by atoms with Crippen LogP contribution in [0, 0.1) is 11.7 Å². The van der Waals surface area contributed by atoms with Crippen LogP contribution >= 0.6 is 0 Å². The molecule has 1 amide bonds. The van der Waals surface area contributed by atoms with Gasteiger partial charge in [-0.1, -0.05) is 26.0 Å². The van der Waals surface area contributed by atoms with Crippen LogP contribution in [0.25, 0.3) is 0 Å². The van der Waals surface area contributed by atoms with E-state index in [0.29, 0.717) is 31.1 Å². The molecule has 0 unspecified atom stereocenters. The molecule has 0 aliphatic carbocycles. The maximum absolute atomic E-state index is 13.3. The summed E-state index contributed by atoms with van der Waals surface area (Å²) in [5.41, 5.74) is 6.93. The number of halogens is 1. The Bertz CT molecular complexity index is 449. The second-order valence-corrected chi connectivity index (χ2v) is 5.50. The summed E-state index contributed by atoms with van der Waals surface area (Å²) in [4.78, 5) is 13.6. The molecular formula is C15H24FN3O. The highest BCUT2D eigenvalue weighted by atomic mass is 19.1. The van der Waals surface area contributed by atoms with Gasteiger partial charge in [0.2, 0.25) is 5.91 Å². The van der Waals surface area contributed by atoms with Crippen molar-refractivity contribution in [3.63, 3.8) is 0 Å². The number of carbonyl (C=O) groups excluding carboxylic acids is 1. The van der Waals surface area contributed by atoms with Crippen molar-refractivity contribution < 1.29 is 9.18 Å². The van der Waals surface area contributed by atoms with Crippen molar-refractivity contribution in [2.24, 2.45) is 11.7 Å². The van der Waals surface area contributed by atoms with Crippen molar-refractivity contribution in [2.75, 3.05) is 20.1 Å². The lowest BCUT2D eigenvalue weighted by Gasteiger charge is -2.17. The van der Waals surface area contributed by atoms with E-state index in [1.807, 2.05) is 11.9 Å². The van der Waals surface area contributed by atoms with Crippen LogP contribution in [0.1, 0.15) is 25.0 Å². The number of nitrogens with zero attached hydrogens (tertiary/aromatic N) is 1. The number of nitrogens with two attached hydrogens (primary N) is 1. The van der Waals surface area contributed by atoms with Gasteiger partial charge < -0.3 is 11.1 Å². The van der Waals surface area contributed by atoms with Gasteiger partial charge >= 0.3 is 0 Å². The second-order valence-electron chi connectivity index (χ2n) is 5.50. The summed E-state index contributed by atoms with van der Waals surface area (Å²) in [6.45, 7) is 5.87. The fourth-order valence-electron chi connectivity index (χ4n) is 1.87. The maximum atomic E-state index is 13.3. The van der Waals surface area contributed by atoms with E-state index in [0.717, 1.165) is 5.56 Å². The number of amides is 1. The van der Waals surface area contributed by atoms with Crippen LogP contribution in [0.15, 0.2) is 18.2 Å². The summed E-state index contributed by atoms with van der Waals surface area (Å²) >= 11 is 0. The van der Waals surface area contributed by atoms with Crippen LogP contribution in [-0.4, -0.2) is 30.9 Å². The first-order valence-corrected chi connectivity index (χ1v) is 6.85. The predicted octanol–water partition coefficient (Wildman–Crippen LogP) is 1.49. The van der Waals surface area contributed by atoms with E-state index in [-0.39, 0.29) is 18.3 Å². The number of benzene rings is 1. The lowest BCUT2D eigenvalue weighted by Crippen LogP contribution is -2.36. The number of likely N-dealkylation sites (N-methyl/N-ethyl adjacent to an activating group) is 1. The van der Waals surface area contributed by atoms with Crippen LogP contribution in [0.5, 0.6) is 0 Å². The topological polar surface area (TPSA) is 58.4 Å². The fourth-order valence-corrected chi connectivity index (χ4v) is 1.87. The molecule has 20 heavy (non-hydrogen) atoms. The molecule has 0 spiro atoms. The monoisotopic (exact) mass is 281 g/mol. The number of rotatable bonds is 7. The zero-order valence-corrected chi connectivity index (χ0v) is 12.4. The molecule has 0 aliphatic heterocycles. The number of nitrogens with one attached hydrogen (secondary N) is 1. The van der Waals surface area contributed by atoms with Crippen LogP contribution < -0.4 is 11.1 Å². The Hall–Kier alpha value is -1.46. The molecule has 0 radical (unpaired) electrons. The Morgan fingerprint density at radius 1 is 1.45 bits per heavy atom. The highest BCUT2D eigenvalue weighted by Crippen LogP contribution is 2.11. The Labute approximate surface area is 120 Å². The highest BCUT2D eigenvalue weighted by Gasteiger charge is 2.09. The Morgan fingerprint density at radius 2 is 2.15 bits per heavy atom. The number of hydrogen-bond donors (Lipinski definition) is 2. The summed E-state index contributed by atoms with van der Waals surface area (Å²) in [5.74, 6) is 0.157. The van der Waals surface area contributed by atoms with E-state index in [1.165, 1.54) is 6.07 Å². The van der Waals surface area contributed by atoms with Gasteiger partial charge in [0.15, 0.2) is 0 Å². The molecule has 0 aromatic heterocycles. The summed E-state index contributed by atoms with van der Waals surface area (Å²) in [6, 6.07) is 4.89. The molecule has 0 atom stereocenters. The zero-order valence-electron chi connectivity index (χ0n) is 12.4. The minimum atomic E-state index is -0.284. The van der Waals surface area contributed by atoms with Crippen molar-refractivity contribution in [3.8, 4) is 0 Å². The lowest BCUT2D eigenvalue weighted by atomic mass is 10.1. The third-order valence-electron chi connectivity index (χ3n) is 2.90. The quantitative estimate of drug-likeness (QED) is 0.796. The van der Waals surface area contributed by atoms with Crippen molar-refractivity contribution in [3.05, 3.63) is 35.1 Å². The van der Waals surface area contributed by atoms with Gasteiger partial charge in [0.1, 0.15) is 5.82 Å². The Balaban J connectivity index is 2.49. The molecule has 112 valence electrons. The molecular weight excluding hydrogens is 257 g/mol. The van der Waals surface area contributed by atoms with Crippen molar-refractivity contribution in [1.82, 2.24) is 10.2 Å². The summed E-state index contributed by atoms with van der Waals surface area (Å²) < 4.78 is 13.3. The van der Waals surface area contributed by atoms with Crippen LogP contribution in [0.4, 0.5) is 4.39 Å². The van der Waals surface area contributed by atoms with E-state index < -0.39 is 0 Å². The highest BCUT2D eigenvalue weighted by molar-refractivity contribution is 5.77. The van der Waals surface area contributed by atoms with E-state index in [1.54, 1.807) is 12.1 Å². The Kier molecular flexibility index (Phi) is 6.61. The van der Waals surface area contributed by atoms with Gasteiger partial charge in [0, 0.05) is 25.2 Å². The normalized spacial score (nSPS) is 11.2. The zero-order chi connectivity index (χ0) is 15.1. The molecule has 0 saturated carbocycles. The fraction of sp³-hybridized carbons (Fsp3) is 0.533. The first-order valence-electron chi connectivity index (χ1n) is 6.85. The van der Waals surface area contributed by atoms with E-state index >= 15 is 0 Å². The molecule has 0 aliphatic rings. The third kappa shape index (κ3) is 5.67. The van der Waals surface area contributed by atoms with Crippen molar-refractivity contribution in [1.29, 1.82) is 0 Å². The first-order chi connectivity index (χ1) is 9.42. The molecule has 3 N–H and O–H groups in total. The average Bonchev–Trinajstić information content (AvgIpc) is 2.38. The Morgan fingerprint density at radius 3 is 2.75 bits per heavy atom. The minimum absolute atomic E-state index is 0.00219. The van der Waals surface area contributed by atoms with Gasteiger partial charge in [-0.25, -0.2) is 4.39 Å². The average molecular weight is 281 g/mol. The largest absolute Gasteiger partial charge is 0.355 e. The predicted molar refractivity (Wildman–Crippen MR) is 78.5 cm³/mol. The third-order valence-corrected chi connectivity index (χ3v) is 2.90. The molecule has 5 heteroatoms. The van der Waals surface area contributed by atoms with E-state index in [2.05, 4.69) is 19.2 Å². The molecule has 1 aromatic carbocycles. The van der Waals surface area contributed by atoms with E-state index in [9.17, 15) is 9.18 Å². The molecule has 0 heterocycles. The summed E-state index contributed by atoms with van der Waals surface area (Å²) in [7, 11) is 1.86. The lowest BCUT2D eigenvalue weighted by molar-refractivity contribution is -0.122. The maximum Gasteiger partial charge on any atom is 0.234 e. The molecule has 0 saturated heterocycles.